The molecule has 1 aliphatic rings. The van der Waals surface area contributed by atoms with Gasteiger partial charge in [-0.15, -0.1) is 11.3 Å². The molecule has 2 unspecified atom stereocenters. The molecule has 2 aromatic carbocycles. The van der Waals surface area contributed by atoms with Gasteiger partial charge in [0.1, 0.15) is 11.8 Å². The first kappa shape index (κ1) is 22.3. The third kappa shape index (κ3) is 4.49. The van der Waals surface area contributed by atoms with E-state index in [1.807, 2.05) is 23.6 Å². The molecule has 0 saturated carbocycles. The number of anilines is 2. The number of thiazole rings is 1. The highest BCUT2D eigenvalue weighted by atomic mass is 35.5. The maximum Gasteiger partial charge on any atom is 0.268 e. The molecule has 32 heavy (non-hydrogen) atoms. The second-order valence-electron chi connectivity index (χ2n) is 7.70. The fraction of sp³-hybridized carbons (Fsp3) is 0.292. The molecule has 0 bridgehead atoms. The van der Waals surface area contributed by atoms with E-state index >= 15 is 0 Å². The van der Waals surface area contributed by atoms with Gasteiger partial charge in [-0.25, -0.2) is 4.98 Å². The van der Waals surface area contributed by atoms with Gasteiger partial charge >= 0.3 is 0 Å². The summed E-state index contributed by atoms with van der Waals surface area (Å²) in [4.78, 5) is 32.3. The lowest BCUT2D eigenvalue weighted by Crippen LogP contribution is -2.52. The lowest BCUT2D eigenvalue weighted by Gasteiger charge is -2.36. The second kappa shape index (κ2) is 9.30. The monoisotopic (exact) mass is 469 g/mol. The van der Waals surface area contributed by atoms with E-state index in [0.717, 1.165) is 29.1 Å². The van der Waals surface area contributed by atoms with E-state index in [-0.39, 0.29) is 11.8 Å². The standard InChI is InChI=1S/C24H24ClN3O3S/c1-4-5-22-27-19(13-32-22)16-6-11-21-20(12-16)28(24(30)15(3)31-21)14(2)23(29)26-18-9-7-17(25)8-10-18/h6-15H,4-5H2,1-3H3,(H,26,29). The Morgan fingerprint density at radius 3 is 2.75 bits per heavy atom. The van der Waals surface area contributed by atoms with Crippen molar-refractivity contribution < 1.29 is 14.3 Å². The highest BCUT2D eigenvalue weighted by Gasteiger charge is 2.37. The van der Waals surface area contributed by atoms with Gasteiger partial charge in [-0.3, -0.25) is 14.5 Å². The zero-order chi connectivity index (χ0) is 22.8. The third-order valence-electron chi connectivity index (χ3n) is 5.30. The summed E-state index contributed by atoms with van der Waals surface area (Å²) in [6, 6.07) is 11.7. The fourth-order valence-corrected chi connectivity index (χ4v) is 4.62. The first-order valence-corrected chi connectivity index (χ1v) is 11.8. The first-order chi connectivity index (χ1) is 15.4. The van der Waals surface area contributed by atoms with Crippen molar-refractivity contribution in [2.75, 3.05) is 10.2 Å². The number of carbonyl (C=O) groups excluding carboxylic acids is 2. The Bertz CT molecular complexity index is 1150. The van der Waals surface area contributed by atoms with Crippen LogP contribution in [0.2, 0.25) is 5.02 Å². The number of fused-ring (bicyclic) bond motifs is 1. The maximum absolute atomic E-state index is 13.1. The number of hydrogen-bond donors (Lipinski definition) is 1. The molecular weight excluding hydrogens is 446 g/mol. The van der Waals surface area contributed by atoms with Gasteiger partial charge in [0.2, 0.25) is 5.91 Å². The fourth-order valence-electron chi connectivity index (χ4n) is 3.59. The Balaban J connectivity index is 1.65. The van der Waals surface area contributed by atoms with E-state index in [1.165, 1.54) is 4.90 Å². The molecule has 3 aromatic rings. The minimum Gasteiger partial charge on any atom is -0.479 e. The molecule has 1 aromatic heterocycles. The van der Waals surface area contributed by atoms with Crippen LogP contribution in [0.1, 0.15) is 32.2 Å². The molecule has 0 fully saturated rings. The van der Waals surface area contributed by atoms with Gasteiger partial charge in [0, 0.05) is 21.7 Å². The van der Waals surface area contributed by atoms with Crippen molar-refractivity contribution in [2.24, 2.45) is 0 Å². The molecule has 1 aliphatic heterocycles. The molecule has 4 rings (SSSR count). The Labute approximate surface area is 196 Å². The Morgan fingerprint density at radius 2 is 2.03 bits per heavy atom. The van der Waals surface area contributed by atoms with Gasteiger partial charge in [-0.2, -0.15) is 0 Å². The summed E-state index contributed by atoms with van der Waals surface area (Å²) < 4.78 is 5.81. The topological polar surface area (TPSA) is 71.5 Å². The van der Waals surface area contributed by atoms with Crippen molar-refractivity contribution in [3.05, 3.63) is 57.9 Å². The summed E-state index contributed by atoms with van der Waals surface area (Å²) in [6.07, 6.45) is 1.28. The molecule has 2 heterocycles. The van der Waals surface area contributed by atoms with Crippen molar-refractivity contribution in [1.82, 2.24) is 4.98 Å². The number of halogens is 1. The highest BCUT2D eigenvalue weighted by molar-refractivity contribution is 7.09. The van der Waals surface area contributed by atoms with Crippen LogP contribution in [0.25, 0.3) is 11.3 Å². The Kier molecular flexibility index (Phi) is 6.48. The zero-order valence-corrected chi connectivity index (χ0v) is 19.7. The molecule has 0 radical (unpaired) electrons. The lowest BCUT2D eigenvalue weighted by atomic mass is 10.1. The van der Waals surface area contributed by atoms with Gasteiger partial charge in [0.15, 0.2) is 6.10 Å². The predicted octanol–water partition coefficient (Wildman–Crippen LogP) is 5.56. The molecule has 0 saturated heterocycles. The Hall–Kier alpha value is -2.90. The van der Waals surface area contributed by atoms with E-state index in [0.29, 0.717) is 22.1 Å². The first-order valence-electron chi connectivity index (χ1n) is 10.5. The van der Waals surface area contributed by atoms with Crippen molar-refractivity contribution in [3.63, 3.8) is 0 Å². The normalized spacial score (nSPS) is 16.3. The largest absolute Gasteiger partial charge is 0.479 e. The number of ether oxygens (including phenoxy) is 1. The van der Waals surface area contributed by atoms with Gasteiger partial charge in [-0.05, 0) is 69.2 Å². The molecule has 1 N–H and O–H groups in total. The number of amides is 2. The van der Waals surface area contributed by atoms with Gasteiger partial charge in [0.25, 0.3) is 5.91 Å². The van der Waals surface area contributed by atoms with E-state index in [9.17, 15) is 9.59 Å². The van der Waals surface area contributed by atoms with E-state index in [1.54, 1.807) is 49.4 Å². The number of aryl methyl sites for hydroxylation is 1. The minimum atomic E-state index is -0.746. The van der Waals surface area contributed by atoms with Gasteiger partial charge in [-0.1, -0.05) is 18.5 Å². The van der Waals surface area contributed by atoms with Crippen LogP contribution in [0.4, 0.5) is 11.4 Å². The summed E-state index contributed by atoms with van der Waals surface area (Å²) in [6.45, 7) is 5.52. The molecule has 166 valence electrons. The molecular formula is C24H24ClN3O3S. The minimum absolute atomic E-state index is 0.265. The SMILES string of the molecule is CCCc1nc(-c2ccc3c(c2)N(C(C)C(=O)Nc2ccc(Cl)cc2)C(=O)C(C)O3)cs1. The van der Waals surface area contributed by atoms with Crippen LogP contribution in [0.3, 0.4) is 0 Å². The van der Waals surface area contributed by atoms with Crippen molar-refractivity contribution in [1.29, 1.82) is 0 Å². The van der Waals surface area contributed by atoms with Crippen LogP contribution in [-0.2, 0) is 16.0 Å². The summed E-state index contributed by atoms with van der Waals surface area (Å²) in [5.74, 6) is -0.000578. The molecule has 6 nitrogen and oxygen atoms in total. The number of rotatable bonds is 6. The van der Waals surface area contributed by atoms with E-state index in [2.05, 4.69) is 12.2 Å². The molecule has 0 aliphatic carbocycles. The molecule has 2 amide bonds. The van der Waals surface area contributed by atoms with Crippen LogP contribution in [-0.4, -0.2) is 28.9 Å². The number of carbonyl (C=O) groups is 2. The van der Waals surface area contributed by atoms with Crippen LogP contribution < -0.4 is 15.0 Å². The molecule has 0 spiro atoms. The Morgan fingerprint density at radius 1 is 1.28 bits per heavy atom. The zero-order valence-electron chi connectivity index (χ0n) is 18.1. The second-order valence-corrected chi connectivity index (χ2v) is 9.08. The van der Waals surface area contributed by atoms with Crippen LogP contribution in [0.5, 0.6) is 5.75 Å². The summed E-state index contributed by atoms with van der Waals surface area (Å²) >= 11 is 7.55. The number of hydrogen-bond acceptors (Lipinski definition) is 5. The van der Waals surface area contributed by atoms with Crippen LogP contribution in [0.15, 0.2) is 47.8 Å². The highest BCUT2D eigenvalue weighted by Crippen LogP contribution is 2.39. The molecule has 8 heteroatoms. The van der Waals surface area contributed by atoms with Crippen LogP contribution in [0, 0.1) is 0 Å². The van der Waals surface area contributed by atoms with Crippen molar-refractivity contribution in [3.8, 4) is 17.0 Å². The number of nitrogens with zero attached hydrogens (tertiary/aromatic N) is 2. The van der Waals surface area contributed by atoms with Gasteiger partial charge in [0.05, 0.1) is 16.4 Å². The van der Waals surface area contributed by atoms with Gasteiger partial charge < -0.3 is 10.1 Å². The summed E-state index contributed by atoms with van der Waals surface area (Å²) in [5, 5.41) is 6.53. The van der Waals surface area contributed by atoms with Crippen molar-refractivity contribution >= 4 is 46.1 Å². The van der Waals surface area contributed by atoms with E-state index < -0.39 is 12.1 Å². The molecule has 2 atom stereocenters. The van der Waals surface area contributed by atoms with Crippen LogP contribution >= 0.6 is 22.9 Å². The average Bonchev–Trinajstić information content (AvgIpc) is 3.24. The van der Waals surface area contributed by atoms with Crippen molar-refractivity contribution in [2.45, 2.75) is 45.8 Å². The smallest absolute Gasteiger partial charge is 0.268 e. The average molecular weight is 470 g/mol. The number of aromatic nitrogens is 1. The lowest BCUT2D eigenvalue weighted by molar-refractivity contribution is -0.128. The number of benzene rings is 2. The summed E-state index contributed by atoms with van der Waals surface area (Å²) in [7, 11) is 0. The third-order valence-corrected chi connectivity index (χ3v) is 6.46. The number of nitrogens with one attached hydrogen (secondary N) is 1. The maximum atomic E-state index is 13.1. The predicted molar refractivity (Wildman–Crippen MR) is 129 cm³/mol. The van der Waals surface area contributed by atoms with E-state index in [4.69, 9.17) is 21.3 Å². The quantitative estimate of drug-likeness (QED) is 0.513. The summed E-state index contributed by atoms with van der Waals surface area (Å²) in [5.41, 5.74) is 2.91.